The van der Waals surface area contributed by atoms with E-state index in [0.717, 1.165) is 21.4 Å². The third-order valence-corrected chi connectivity index (χ3v) is 5.23. The quantitative estimate of drug-likeness (QED) is 0.466. The number of nitrogens with two attached hydrogens (primary N) is 1. The molecule has 9 heteroatoms. The first-order valence-electron chi connectivity index (χ1n) is 8.74. The van der Waals surface area contributed by atoms with Gasteiger partial charge in [-0.25, -0.2) is 4.79 Å². The molecule has 2 amide bonds. The number of ether oxygens (including phenoxy) is 2. The van der Waals surface area contributed by atoms with Crippen LogP contribution >= 0.6 is 27.3 Å². The number of thiophene rings is 1. The van der Waals surface area contributed by atoms with E-state index in [-0.39, 0.29) is 17.7 Å². The summed E-state index contributed by atoms with van der Waals surface area (Å²) in [5.74, 6) is -1.59. The molecule has 0 fully saturated rings. The number of para-hydroxylation sites is 1. The molecule has 0 bridgehead atoms. The molecule has 0 radical (unpaired) electrons. The maximum Gasteiger partial charge on any atom is 0.342 e. The lowest BCUT2D eigenvalue weighted by Gasteiger charge is -2.11. The van der Waals surface area contributed by atoms with Crippen molar-refractivity contribution in [2.75, 3.05) is 11.9 Å². The third kappa shape index (κ3) is 5.68. The summed E-state index contributed by atoms with van der Waals surface area (Å²) in [6, 6.07) is 15.7. The second-order valence-electron chi connectivity index (χ2n) is 6.07. The minimum absolute atomic E-state index is 0.200. The zero-order valence-corrected chi connectivity index (χ0v) is 18.0. The number of primary amides is 1. The van der Waals surface area contributed by atoms with E-state index >= 15 is 0 Å². The van der Waals surface area contributed by atoms with Crippen LogP contribution in [0, 0.1) is 0 Å². The lowest BCUT2D eigenvalue weighted by molar-refractivity contribution is -0.119. The van der Waals surface area contributed by atoms with Crippen molar-refractivity contribution in [2.45, 2.75) is 6.61 Å². The fourth-order valence-electron chi connectivity index (χ4n) is 2.52. The number of nitrogens with one attached hydrogen (secondary N) is 1. The second kappa shape index (κ2) is 10.0. The average Bonchev–Trinajstić information content (AvgIpc) is 3.19. The van der Waals surface area contributed by atoms with Crippen LogP contribution in [0.4, 0.5) is 5.00 Å². The van der Waals surface area contributed by atoms with Crippen molar-refractivity contribution in [2.24, 2.45) is 5.73 Å². The minimum atomic E-state index is -0.698. The van der Waals surface area contributed by atoms with Gasteiger partial charge < -0.3 is 20.5 Å². The predicted octanol–water partition coefficient (Wildman–Crippen LogP) is 3.98. The van der Waals surface area contributed by atoms with E-state index in [4.69, 9.17) is 15.2 Å². The normalized spacial score (nSPS) is 10.3. The monoisotopic (exact) mass is 488 g/mol. The van der Waals surface area contributed by atoms with Gasteiger partial charge in [0.2, 0.25) is 0 Å². The number of rotatable bonds is 8. The second-order valence-corrected chi connectivity index (χ2v) is 7.90. The van der Waals surface area contributed by atoms with Crippen LogP contribution in [0.1, 0.15) is 26.3 Å². The number of esters is 1. The SMILES string of the molecule is NC(=O)c1ccsc1NC(=O)COC(=O)c1ccccc1OCc1cccc(Br)c1. The van der Waals surface area contributed by atoms with E-state index in [1.54, 1.807) is 29.6 Å². The van der Waals surface area contributed by atoms with E-state index in [9.17, 15) is 14.4 Å². The van der Waals surface area contributed by atoms with E-state index < -0.39 is 24.4 Å². The summed E-state index contributed by atoms with van der Waals surface area (Å²) in [5.41, 5.74) is 6.57. The summed E-state index contributed by atoms with van der Waals surface area (Å²) < 4.78 is 11.8. The lowest BCUT2D eigenvalue weighted by Crippen LogP contribution is -2.22. The number of hydrogen-bond donors (Lipinski definition) is 2. The van der Waals surface area contributed by atoms with Gasteiger partial charge >= 0.3 is 5.97 Å². The van der Waals surface area contributed by atoms with E-state index in [1.165, 1.54) is 6.07 Å². The van der Waals surface area contributed by atoms with Gasteiger partial charge in [-0.15, -0.1) is 11.3 Å². The fourth-order valence-corrected chi connectivity index (χ4v) is 3.78. The molecule has 2 aromatic carbocycles. The summed E-state index contributed by atoms with van der Waals surface area (Å²) in [7, 11) is 0. The number of anilines is 1. The van der Waals surface area contributed by atoms with Crippen molar-refractivity contribution < 1.29 is 23.9 Å². The van der Waals surface area contributed by atoms with Crippen molar-refractivity contribution in [3.8, 4) is 5.75 Å². The average molecular weight is 489 g/mol. The molecule has 0 atom stereocenters. The van der Waals surface area contributed by atoms with E-state index in [2.05, 4.69) is 21.2 Å². The van der Waals surface area contributed by atoms with Crippen LogP contribution in [0.15, 0.2) is 64.5 Å². The maximum atomic E-state index is 12.5. The highest BCUT2D eigenvalue weighted by atomic mass is 79.9. The topological polar surface area (TPSA) is 108 Å². The van der Waals surface area contributed by atoms with Gasteiger partial charge in [-0.3, -0.25) is 9.59 Å². The predicted molar refractivity (Wildman–Crippen MR) is 117 cm³/mol. The molecule has 0 saturated carbocycles. The summed E-state index contributed by atoms with van der Waals surface area (Å²) in [5, 5.41) is 4.44. The van der Waals surface area contributed by atoms with Crippen LogP contribution < -0.4 is 15.8 Å². The number of hydrogen-bond acceptors (Lipinski definition) is 6. The molecule has 3 rings (SSSR count). The molecule has 3 aromatic rings. The highest BCUT2D eigenvalue weighted by molar-refractivity contribution is 9.10. The zero-order valence-electron chi connectivity index (χ0n) is 15.6. The zero-order chi connectivity index (χ0) is 21.5. The van der Waals surface area contributed by atoms with Gasteiger partial charge in [0.1, 0.15) is 22.9 Å². The Bertz CT molecular complexity index is 1080. The lowest BCUT2D eigenvalue weighted by atomic mass is 10.2. The number of benzene rings is 2. The minimum Gasteiger partial charge on any atom is -0.488 e. The van der Waals surface area contributed by atoms with Crippen molar-refractivity contribution in [3.05, 3.63) is 81.1 Å². The number of carbonyl (C=O) groups excluding carboxylic acids is 3. The van der Waals surface area contributed by atoms with Gasteiger partial charge in [0, 0.05) is 4.47 Å². The highest BCUT2D eigenvalue weighted by Gasteiger charge is 2.17. The first-order chi connectivity index (χ1) is 14.4. The molecular formula is C21H17BrN2O5S. The summed E-state index contributed by atoms with van der Waals surface area (Å²) in [4.78, 5) is 35.8. The number of amides is 2. The summed E-state index contributed by atoms with van der Waals surface area (Å²) in [6.45, 7) is -0.257. The molecule has 1 heterocycles. The molecule has 7 nitrogen and oxygen atoms in total. The number of halogens is 1. The molecule has 0 spiro atoms. The van der Waals surface area contributed by atoms with Crippen LogP contribution in [0.3, 0.4) is 0 Å². The molecule has 1 aromatic heterocycles. The largest absolute Gasteiger partial charge is 0.488 e. The Morgan fingerprint density at radius 3 is 2.60 bits per heavy atom. The smallest absolute Gasteiger partial charge is 0.342 e. The maximum absolute atomic E-state index is 12.5. The fraction of sp³-hybridized carbons (Fsp3) is 0.0952. The van der Waals surface area contributed by atoms with Crippen molar-refractivity contribution in [1.29, 1.82) is 0 Å². The summed E-state index contributed by atoms with van der Waals surface area (Å²) >= 11 is 4.55. The molecule has 0 aliphatic rings. The van der Waals surface area contributed by atoms with Gasteiger partial charge in [-0.05, 0) is 41.3 Å². The molecule has 0 unspecified atom stereocenters. The van der Waals surface area contributed by atoms with Gasteiger partial charge in [0.25, 0.3) is 11.8 Å². The highest BCUT2D eigenvalue weighted by Crippen LogP contribution is 2.23. The molecule has 154 valence electrons. The standard InChI is InChI=1S/C21H17BrN2O5S/c22-14-5-3-4-13(10-14)11-28-17-7-2-1-6-15(17)21(27)29-12-18(25)24-20-16(19(23)26)8-9-30-20/h1-10H,11-12H2,(H2,23,26)(H,24,25). The van der Waals surface area contributed by atoms with Gasteiger partial charge in [0.05, 0.1) is 5.56 Å². The van der Waals surface area contributed by atoms with Crippen molar-refractivity contribution in [1.82, 2.24) is 0 Å². The first kappa shape index (κ1) is 21.5. The number of carbonyl (C=O) groups is 3. The Labute approximate surface area is 184 Å². The Morgan fingerprint density at radius 2 is 1.83 bits per heavy atom. The third-order valence-electron chi connectivity index (χ3n) is 3.91. The molecule has 0 saturated heterocycles. The Kier molecular flexibility index (Phi) is 7.21. The molecule has 0 aliphatic carbocycles. The van der Waals surface area contributed by atoms with Crippen LogP contribution in [-0.4, -0.2) is 24.4 Å². The summed E-state index contributed by atoms with van der Waals surface area (Å²) in [6.07, 6.45) is 0. The molecule has 0 aliphatic heterocycles. The molecule has 30 heavy (non-hydrogen) atoms. The first-order valence-corrected chi connectivity index (χ1v) is 10.4. The molecular weight excluding hydrogens is 472 g/mol. The van der Waals surface area contributed by atoms with Crippen molar-refractivity contribution in [3.63, 3.8) is 0 Å². The van der Waals surface area contributed by atoms with Crippen LogP contribution in [-0.2, 0) is 16.1 Å². The Balaban J connectivity index is 1.59. The molecule has 3 N–H and O–H groups in total. The van der Waals surface area contributed by atoms with Crippen molar-refractivity contribution >= 4 is 50.1 Å². The van der Waals surface area contributed by atoms with Gasteiger partial charge in [-0.1, -0.05) is 40.2 Å². The van der Waals surface area contributed by atoms with Crippen LogP contribution in [0.2, 0.25) is 0 Å². The van der Waals surface area contributed by atoms with Crippen LogP contribution in [0.5, 0.6) is 5.75 Å². The van der Waals surface area contributed by atoms with Crippen LogP contribution in [0.25, 0.3) is 0 Å². The van der Waals surface area contributed by atoms with Gasteiger partial charge in [-0.2, -0.15) is 0 Å². The van der Waals surface area contributed by atoms with E-state index in [0.29, 0.717) is 10.8 Å². The van der Waals surface area contributed by atoms with E-state index in [1.807, 2.05) is 24.3 Å². The Morgan fingerprint density at radius 1 is 1.03 bits per heavy atom. The Hall–Kier alpha value is -3.17. The van der Waals surface area contributed by atoms with Gasteiger partial charge in [0.15, 0.2) is 6.61 Å².